The summed E-state index contributed by atoms with van der Waals surface area (Å²) in [6.07, 6.45) is 0.781. The third kappa shape index (κ3) is 4.30. The Morgan fingerprint density at radius 1 is 0.906 bits per heavy atom. The SMILES string of the molecule is CCOC(=O)C1=C(c2ccccc2)c2ccc(OCCc3ccccc3)cc2/C1=C(/C)[O-]. The highest BCUT2D eigenvalue weighted by atomic mass is 16.5. The van der Waals surface area contributed by atoms with Gasteiger partial charge in [-0.25, -0.2) is 4.79 Å². The summed E-state index contributed by atoms with van der Waals surface area (Å²) < 4.78 is 11.3. The molecule has 0 aliphatic heterocycles. The average molecular weight is 426 g/mol. The number of benzene rings is 3. The van der Waals surface area contributed by atoms with Crippen LogP contribution in [-0.4, -0.2) is 19.2 Å². The van der Waals surface area contributed by atoms with Crippen molar-refractivity contribution in [2.24, 2.45) is 0 Å². The van der Waals surface area contributed by atoms with Gasteiger partial charge in [-0.05, 0) is 46.9 Å². The molecule has 1 aliphatic carbocycles. The number of ether oxygens (including phenoxy) is 2. The lowest BCUT2D eigenvalue weighted by molar-refractivity contribution is -0.300. The van der Waals surface area contributed by atoms with Gasteiger partial charge in [0.2, 0.25) is 0 Å². The second kappa shape index (κ2) is 9.56. The van der Waals surface area contributed by atoms with Crippen molar-refractivity contribution in [2.75, 3.05) is 13.2 Å². The van der Waals surface area contributed by atoms with Crippen molar-refractivity contribution in [1.82, 2.24) is 0 Å². The van der Waals surface area contributed by atoms with Crippen molar-refractivity contribution in [3.8, 4) is 5.75 Å². The van der Waals surface area contributed by atoms with Crippen LogP contribution in [0, 0.1) is 0 Å². The van der Waals surface area contributed by atoms with Gasteiger partial charge < -0.3 is 14.6 Å². The molecule has 0 aromatic heterocycles. The van der Waals surface area contributed by atoms with Crippen molar-refractivity contribution >= 4 is 17.1 Å². The molecule has 0 spiro atoms. The minimum Gasteiger partial charge on any atom is -0.875 e. The molecular weight excluding hydrogens is 400 g/mol. The van der Waals surface area contributed by atoms with Gasteiger partial charge in [-0.2, -0.15) is 0 Å². The molecule has 3 aromatic carbocycles. The predicted molar refractivity (Wildman–Crippen MR) is 124 cm³/mol. The highest BCUT2D eigenvalue weighted by molar-refractivity contribution is 6.21. The summed E-state index contributed by atoms with van der Waals surface area (Å²) in [5.41, 5.74) is 5.03. The molecule has 0 bridgehead atoms. The van der Waals surface area contributed by atoms with E-state index in [0.717, 1.165) is 23.1 Å². The highest BCUT2D eigenvalue weighted by Crippen LogP contribution is 2.46. The Labute approximate surface area is 188 Å². The van der Waals surface area contributed by atoms with Crippen LogP contribution >= 0.6 is 0 Å². The first-order valence-electron chi connectivity index (χ1n) is 10.8. The molecule has 1 aliphatic rings. The molecule has 0 heterocycles. The highest BCUT2D eigenvalue weighted by Gasteiger charge is 2.32. The van der Waals surface area contributed by atoms with Gasteiger partial charge >= 0.3 is 5.97 Å². The Morgan fingerprint density at radius 2 is 1.59 bits per heavy atom. The lowest BCUT2D eigenvalue weighted by Crippen LogP contribution is -2.12. The second-order valence-electron chi connectivity index (χ2n) is 7.56. The van der Waals surface area contributed by atoms with E-state index in [-0.39, 0.29) is 12.4 Å². The summed E-state index contributed by atoms with van der Waals surface area (Å²) in [5.74, 6) is -0.00285. The summed E-state index contributed by atoms with van der Waals surface area (Å²) in [7, 11) is 0. The Balaban J connectivity index is 1.72. The fraction of sp³-hybridized carbons (Fsp3) is 0.179. The molecule has 0 fully saturated rings. The van der Waals surface area contributed by atoms with E-state index >= 15 is 0 Å². The van der Waals surface area contributed by atoms with Crippen molar-refractivity contribution < 1.29 is 19.4 Å². The second-order valence-corrected chi connectivity index (χ2v) is 7.56. The largest absolute Gasteiger partial charge is 0.875 e. The monoisotopic (exact) mass is 425 g/mol. The zero-order valence-corrected chi connectivity index (χ0v) is 18.3. The molecule has 4 nitrogen and oxygen atoms in total. The Kier molecular flexibility index (Phi) is 6.41. The van der Waals surface area contributed by atoms with Crippen LogP contribution in [0.15, 0.2) is 90.2 Å². The van der Waals surface area contributed by atoms with Crippen molar-refractivity contribution in [3.05, 3.63) is 112 Å². The molecule has 3 aromatic rings. The number of hydrogen-bond acceptors (Lipinski definition) is 4. The maximum absolute atomic E-state index is 12.9. The van der Waals surface area contributed by atoms with E-state index in [4.69, 9.17) is 9.47 Å². The minimum atomic E-state index is -0.487. The summed E-state index contributed by atoms with van der Waals surface area (Å²) in [5, 5.41) is 12.7. The van der Waals surface area contributed by atoms with Crippen molar-refractivity contribution in [1.29, 1.82) is 0 Å². The average Bonchev–Trinajstić information content (AvgIpc) is 3.15. The number of allylic oxidation sites excluding steroid dienone is 1. The van der Waals surface area contributed by atoms with Gasteiger partial charge in [0.1, 0.15) is 5.75 Å². The van der Waals surface area contributed by atoms with Crippen LogP contribution < -0.4 is 9.84 Å². The number of carbonyl (C=O) groups excluding carboxylic acids is 1. The lowest BCUT2D eigenvalue weighted by atomic mass is 9.97. The summed E-state index contributed by atoms with van der Waals surface area (Å²) in [6, 6.07) is 25.4. The number of hydrogen-bond donors (Lipinski definition) is 0. The third-order valence-electron chi connectivity index (χ3n) is 5.43. The van der Waals surface area contributed by atoms with Crippen molar-refractivity contribution in [3.63, 3.8) is 0 Å². The lowest BCUT2D eigenvalue weighted by Gasteiger charge is -2.16. The first-order chi connectivity index (χ1) is 15.6. The van der Waals surface area contributed by atoms with Gasteiger partial charge in [0.25, 0.3) is 0 Å². The van der Waals surface area contributed by atoms with E-state index < -0.39 is 5.97 Å². The van der Waals surface area contributed by atoms with Crippen molar-refractivity contribution in [2.45, 2.75) is 20.3 Å². The summed E-state index contributed by atoms with van der Waals surface area (Å²) in [4.78, 5) is 12.9. The molecule has 4 rings (SSSR count). The quantitative estimate of drug-likeness (QED) is 0.404. The normalized spacial score (nSPS) is 14.2. The van der Waals surface area contributed by atoms with Crippen LogP contribution in [0.1, 0.15) is 36.1 Å². The first-order valence-corrected chi connectivity index (χ1v) is 10.8. The van der Waals surface area contributed by atoms with Gasteiger partial charge in [0.15, 0.2) is 0 Å². The minimum absolute atomic E-state index is 0.179. The Morgan fingerprint density at radius 3 is 2.25 bits per heavy atom. The molecule has 4 heteroatoms. The standard InChI is InChI=1S/C28H26O4/c1-3-31-28(30)27-25(19(2)29)24-18-22(32-17-16-20-10-6-4-7-11-20)14-15-23(24)26(27)21-12-8-5-9-13-21/h4-15,18,29H,3,16-17H2,1-2H3/p-1/b25-19+. The summed E-state index contributed by atoms with van der Waals surface area (Å²) >= 11 is 0. The number of esters is 1. The fourth-order valence-electron chi connectivity index (χ4n) is 4.04. The van der Waals surface area contributed by atoms with Gasteiger partial charge in [0, 0.05) is 12.0 Å². The van der Waals surface area contributed by atoms with Crippen LogP contribution in [0.5, 0.6) is 5.75 Å². The van der Waals surface area contributed by atoms with Crippen LogP contribution in [0.4, 0.5) is 0 Å². The molecule has 0 saturated carbocycles. The molecule has 0 radical (unpaired) electrons. The van der Waals surface area contributed by atoms with E-state index in [0.29, 0.717) is 29.1 Å². The number of fused-ring (bicyclic) bond motifs is 1. The topological polar surface area (TPSA) is 58.6 Å². The smallest absolute Gasteiger partial charge is 0.339 e. The van der Waals surface area contributed by atoms with Gasteiger partial charge in [-0.15, -0.1) is 5.76 Å². The predicted octanol–water partition coefficient (Wildman–Crippen LogP) is 4.78. The molecular formula is C28H25O4-. The zero-order valence-electron chi connectivity index (χ0n) is 18.3. The van der Waals surface area contributed by atoms with E-state index in [1.807, 2.05) is 66.7 Å². The molecule has 0 unspecified atom stereocenters. The molecule has 0 saturated heterocycles. The number of rotatable bonds is 7. The maximum atomic E-state index is 12.9. The first kappa shape index (κ1) is 21.4. The maximum Gasteiger partial charge on any atom is 0.339 e. The molecule has 32 heavy (non-hydrogen) atoms. The van der Waals surface area contributed by atoms with Crippen LogP contribution in [-0.2, 0) is 16.0 Å². The van der Waals surface area contributed by atoms with Crippen LogP contribution in [0.3, 0.4) is 0 Å². The van der Waals surface area contributed by atoms with Crippen LogP contribution in [0.2, 0.25) is 0 Å². The Hall–Kier alpha value is -3.79. The molecule has 0 N–H and O–H groups in total. The van der Waals surface area contributed by atoms with E-state index in [1.54, 1.807) is 6.92 Å². The van der Waals surface area contributed by atoms with E-state index in [2.05, 4.69) is 12.1 Å². The summed E-state index contributed by atoms with van der Waals surface area (Å²) in [6.45, 7) is 3.99. The third-order valence-corrected chi connectivity index (χ3v) is 5.43. The van der Waals surface area contributed by atoms with Gasteiger partial charge in [-0.1, -0.05) is 73.7 Å². The van der Waals surface area contributed by atoms with E-state index in [1.165, 1.54) is 12.5 Å². The molecule has 0 atom stereocenters. The number of carbonyl (C=O) groups is 1. The van der Waals surface area contributed by atoms with Gasteiger partial charge in [-0.3, -0.25) is 0 Å². The fourth-order valence-corrected chi connectivity index (χ4v) is 4.04. The zero-order chi connectivity index (χ0) is 22.5. The Bertz CT molecular complexity index is 1170. The molecule has 162 valence electrons. The van der Waals surface area contributed by atoms with Gasteiger partial charge in [0.05, 0.1) is 18.8 Å². The van der Waals surface area contributed by atoms with E-state index in [9.17, 15) is 9.90 Å². The molecule has 0 amide bonds. The van der Waals surface area contributed by atoms with Crippen LogP contribution in [0.25, 0.3) is 11.1 Å².